The van der Waals surface area contributed by atoms with Crippen LogP contribution >= 0.6 is 0 Å². The highest BCUT2D eigenvalue weighted by atomic mass is 16.5. The van der Waals surface area contributed by atoms with Gasteiger partial charge >= 0.3 is 6.33 Å². The minimum absolute atomic E-state index is 0.241. The molecule has 0 amide bonds. The molecule has 0 saturated carbocycles. The van der Waals surface area contributed by atoms with Crippen LogP contribution in [0.15, 0.2) is 98.9 Å². The molecule has 0 atom stereocenters. The number of ether oxygens (including phenoxy) is 6. The van der Waals surface area contributed by atoms with Gasteiger partial charge in [-0.3, -0.25) is 10.1 Å². The van der Waals surface area contributed by atoms with Crippen LogP contribution in [0.5, 0.6) is 0 Å². The van der Waals surface area contributed by atoms with Gasteiger partial charge < -0.3 is 38.4 Å². The highest BCUT2D eigenvalue weighted by molar-refractivity contribution is 5.14. The third kappa shape index (κ3) is 35.0. The van der Waals surface area contributed by atoms with Crippen molar-refractivity contribution >= 4 is 0 Å². The molecule has 6 rings (SSSR count). The standard InChI is InChI=1S/C11H16O.C9H13NO.2C7H12N2O.2C6H11N3O/c1-10(2)12-9-8-11-6-4-3-5-7-11;1-8(2)11-7-9-3-5-10-6-4-9;2*1-6(2)10-4-7-3-8-5-9-7;1-6(2)10-5-9-4-7-3-8-9;1-5(2)10-3-6-7-4-8-9-6/h3-7,10H,8-9H2,1-2H3;3-6,8H,7H2,1-2H3;2*3,5-6H,4H2,1-2H3,(H,8,9);3-4,6H,5H2,1-2H3;4-5H,3H2,1-2H3,(H,7,8,9)/p+1. The number of hydrogen-bond donors (Lipinski definition) is 4. The number of nitrogens with one attached hydrogen (secondary N) is 4. The Hall–Kier alpha value is -5.17. The van der Waals surface area contributed by atoms with E-state index in [1.807, 2.05) is 87.4 Å². The average Bonchev–Trinajstić information content (AvgIpc) is 4.12. The summed E-state index contributed by atoms with van der Waals surface area (Å²) in [5.74, 6) is 0.772. The second kappa shape index (κ2) is 36.3. The van der Waals surface area contributed by atoms with Gasteiger partial charge in [0.2, 0.25) is 13.1 Å². The Kier molecular flexibility index (Phi) is 32.2. The van der Waals surface area contributed by atoms with Crippen LogP contribution in [0.25, 0.3) is 0 Å². The molecule has 0 bridgehead atoms. The summed E-state index contributed by atoms with van der Waals surface area (Å²) in [6, 6.07) is 14.3. The first-order valence-corrected chi connectivity index (χ1v) is 21.5. The summed E-state index contributed by atoms with van der Waals surface area (Å²) in [5.41, 5.74) is 4.56. The molecule has 0 aliphatic heterocycles. The Bertz CT molecular complexity index is 1600. The first kappa shape index (κ1) is 55.8. The lowest BCUT2D eigenvalue weighted by molar-refractivity contribution is -0.784. The lowest BCUT2D eigenvalue weighted by atomic mass is 10.2. The van der Waals surface area contributed by atoms with Crippen molar-refractivity contribution in [3.8, 4) is 0 Å². The molecule has 4 N–H and O–H groups in total. The Labute approximate surface area is 375 Å². The van der Waals surface area contributed by atoms with Gasteiger partial charge in [-0.1, -0.05) is 30.3 Å². The van der Waals surface area contributed by atoms with Crippen molar-refractivity contribution in [3.05, 3.63) is 127 Å². The van der Waals surface area contributed by atoms with Gasteiger partial charge in [0.05, 0.1) is 99.5 Å². The van der Waals surface area contributed by atoms with Crippen molar-refractivity contribution in [2.45, 2.75) is 159 Å². The number of imidazole rings is 2. The number of hydrogen-bond acceptors (Lipinski definition) is 12. The van der Waals surface area contributed by atoms with Crippen LogP contribution < -0.4 is 4.68 Å². The number of rotatable bonds is 19. The van der Waals surface area contributed by atoms with Crippen molar-refractivity contribution < 1.29 is 33.1 Å². The number of aromatic nitrogens is 11. The number of aromatic amines is 4. The predicted octanol–water partition coefficient (Wildman–Crippen LogP) is 8.14. The largest absolute Gasteiger partial charge is 0.378 e. The summed E-state index contributed by atoms with van der Waals surface area (Å²) in [6.45, 7) is 28.0. The highest BCUT2D eigenvalue weighted by Gasteiger charge is 2.00. The predicted molar refractivity (Wildman–Crippen MR) is 244 cm³/mol. The van der Waals surface area contributed by atoms with E-state index in [2.05, 4.69) is 88.3 Å². The molecule has 0 fully saturated rings. The van der Waals surface area contributed by atoms with E-state index in [1.165, 1.54) is 17.5 Å². The van der Waals surface area contributed by atoms with E-state index >= 15 is 0 Å². The molecule has 17 nitrogen and oxygen atoms in total. The minimum atomic E-state index is 0.241. The van der Waals surface area contributed by atoms with Crippen LogP contribution in [0.4, 0.5) is 0 Å². The number of nitrogens with zero attached hydrogens (tertiary/aromatic N) is 7. The van der Waals surface area contributed by atoms with E-state index in [4.69, 9.17) is 28.4 Å². The van der Waals surface area contributed by atoms with Crippen LogP contribution in [0.2, 0.25) is 0 Å². The molecule has 0 aliphatic carbocycles. The van der Waals surface area contributed by atoms with Gasteiger partial charge in [0.1, 0.15) is 18.8 Å². The van der Waals surface area contributed by atoms with Gasteiger partial charge in [0, 0.05) is 12.4 Å². The van der Waals surface area contributed by atoms with Crippen molar-refractivity contribution in [2.24, 2.45) is 0 Å². The minimum Gasteiger partial charge on any atom is -0.378 e. The molecule has 5 heterocycles. The molecule has 0 radical (unpaired) electrons. The smallest absolute Gasteiger partial charge is 0.308 e. The SMILES string of the molecule is CC(C)OCCc1ccccc1.CC(C)OC[n+]1cnc[nH]1.CC(C)OCc1ccncc1.CC(C)OCc1cnc[nH]1.CC(C)OCc1cnc[nH]1.CC(C)OCc1ncn[nH]1. The summed E-state index contributed by atoms with van der Waals surface area (Å²) in [4.78, 5) is 25.3. The maximum Gasteiger partial charge on any atom is 0.308 e. The Morgan fingerprint density at radius 1 is 0.524 bits per heavy atom. The van der Waals surface area contributed by atoms with E-state index in [1.54, 1.807) is 54.8 Å². The Morgan fingerprint density at radius 3 is 1.49 bits per heavy atom. The van der Waals surface area contributed by atoms with Crippen LogP contribution in [-0.4, -0.2) is 93.4 Å². The van der Waals surface area contributed by atoms with Gasteiger partial charge in [0.25, 0.3) is 0 Å². The average molecular weight is 879 g/mol. The van der Waals surface area contributed by atoms with E-state index in [-0.39, 0.29) is 24.4 Å². The summed E-state index contributed by atoms with van der Waals surface area (Å²) >= 11 is 0. The van der Waals surface area contributed by atoms with Gasteiger partial charge in [-0.2, -0.15) is 10.2 Å². The maximum atomic E-state index is 5.45. The lowest BCUT2D eigenvalue weighted by Crippen LogP contribution is -2.37. The fourth-order valence-electron chi connectivity index (χ4n) is 4.14. The zero-order valence-electron chi connectivity index (χ0n) is 39.7. The fraction of sp³-hybridized carbons (Fsp3) is 0.543. The molecule has 63 heavy (non-hydrogen) atoms. The van der Waals surface area contributed by atoms with Crippen LogP contribution in [-0.2, 0) is 68.0 Å². The molecule has 0 aliphatic rings. The highest BCUT2D eigenvalue weighted by Crippen LogP contribution is 2.02. The number of benzene rings is 1. The topological polar surface area (TPSA) is 200 Å². The molecule has 17 heteroatoms. The van der Waals surface area contributed by atoms with Crippen molar-refractivity contribution in [1.29, 1.82) is 0 Å². The number of pyridine rings is 1. The fourth-order valence-corrected chi connectivity index (χ4v) is 4.14. The van der Waals surface area contributed by atoms with Crippen LogP contribution in [0, 0.1) is 0 Å². The number of H-pyrrole nitrogens is 4. The van der Waals surface area contributed by atoms with Crippen molar-refractivity contribution in [1.82, 2.24) is 50.2 Å². The van der Waals surface area contributed by atoms with Gasteiger partial charge in [-0.25, -0.2) is 15.0 Å². The molecule has 0 unspecified atom stereocenters. The van der Waals surface area contributed by atoms with E-state index in [0.29, 0.717) is 45.4 Å². The summed E-state index contributed by atoms with van der Waals surface area (Å²) in [7, 11) is 0. The lowest BCUT2D eigenvalue weighted by Gasteiger charge is -2.06. The second-order valence-electron chi connectivity index (χ2n) is 15.4. The molecule has 5 aromatic heterocycles. The molecule has 1 aromatic carbocycles. The molecule has 350 valence electrons. The normalized spacial score (nSPS) is 10.6. The Balaban J connectivity index is 0.000000378. The maximum absolute atomic E-state index is 5.45. The zero-order chi connectivity index (χ0) is 46.5. The first-order chi connectivity index (χ1) is 30.2. The summed E-state index contributed by atoms with van der Waals surface area (Å²) < 4.78 is 33.8. The third-order valence-electron chi connectivity index (χ3n) is 7.34. The van der Waals surface area contributed by atoms with Gasteiger partial charge in [0.15, 0.2) is 0 Å². The third-order valence-corrected chi connectivity index (χ3v) is 7.34. The molecule has 0 saturated heterocycles. The van der Waals surface area contributed by atoms with Crippen LogP contribution in [0.1, 0.15) is 111 Å². The second-order valence-corrected chi connectivity index (χ2v) is 15.4. The molecule has 0 spiro atoms. The molecule has 6 aromatic rings. The Morgan fingerprint density at radius 2 is 1.05 bits per heavy atom. The first-order valence-electron chi connectivity index (χ1n) is 21.5. The van der Waals surface area contributed by atoms with Gasteiger partial charge in [-0.15, -0.1) is 4.68 Å². The zero-order valence-corrected chi connectivity index (χ0v) is 39.7. The molecular formula is C46H76N11O6+. The van der Waals surface area contributed by atoms with Gasteiger partial charge in [-0.05, 0) is 118 Å². The summed E-state index contributed by atoms with van der Waals surface area (Å²) in [6.07, 6.45) is 17.9. The summed E-state index contributed by atoms with van der Waals surface area (Å²) in [5, 5.41) is 9.26. The van der Waals surface area contributed by atoms with E-state index in [0.717, 1.165) is 30.2 Å². The van der Waals surface area contributed by atoms with Crippen molar-refractivity contribution in [3.63, 3.8) is 0 Å². The van der Waals surface area contributed by atoms with E-state index < -0.39 is 0 Å². The molecular weight excluding hydrogens is 803 g/mol. The van der Waals surface area contributed by atoms with E-state index in [9.17, 15) is 0 Å². The van der Waals surface area contributed by atoms with Crippen LogP contribution in [0.3, 0.4) is 0 Å². The quantitative estimate of drug-likeness (QED) is 0.0571. The van der Waals surface area contributed by atoms with Crippen molar-refractivity contribution in [2.75, 3.05) is 6.61 Å². The monoisotopic (exact) mass is 879 g/mol.